The fourth-order valence-corrected chi connectivity index (χ4v) is 0.589. The zero-order chi connectivity index (χ0) is 9.78. The van der Waals surface area contributed by atoms with Crippen LogP contribution in [-0.2, 0) is 4.74 Å². The van der Waals surface area contributed by atoms with E-state index in [1.807, 2.05) is 0 Å². The van der Waals surface area contributed by atoms with E-state index in [1.165, 1.54) is 0 Å². The molecule has 0 aliphatic rings. The molecule has 3 atom stereocenters. The highest BCUT2D eigenvalue weighted by atomic mass is 31.0. The van der Waals surface area contributed by atoms with Gasteiger partial charge in [-0.1, -0.05) is 13.8 Å². The quantitative estimate of drug-likeness (QED) is 0.596. The molecule has 0 saturated heterocycles. The Morgan fingerprint density at radius 1 is 1.73 bits per heavy atom. The maximum absolute atomic E-state index is 9.45. The summed E-state index contributed by atoms with van der Waals surface area (Å²) < 4.78 is 11.9. The summed E-state index contributed by atoms with van der Waals surface area (Å²) in [5.74, 6) is 0. The van der Waals surface area contributed by atoms with Crippen LogP contribution in [0.4, 0.5) is 0 Å². The number of ether oxygens (including phenoxy) is 1. The minimum Gasteiger partial charge on any atom is -0.396 e. The molecule has 0 amide bonds. The monoisotopic (exact) mass is 181 g/mol. The Morgan fingerprint density at radius 2 is 2.27 bits per heavy atom. The highest BCUT2D eigenvalue weighted by molar-refractivity contribution is 7.16. The van der Waals surface area contributed by atoms with Crippen LogP contribution in [0.5, 0.6) is 0 Å². The van der Waals surface area contributed by atoms with Crippen molar-refractivity contribution in [1.82, 2.24) is 0 Å². The Hall–Kier alpha value is 0.310. The largest absolute Gasteiger partial charge is 0.396 e. The second-order valence-corrected chi connectivity index (χ2v) is 3.40. The van der Waals surface area contributed by atoms with E-state index in [4.69, 9.17) is 11.2 Å². The van der Waals surface area contributed by atoms with Crippen LogP contribution < -0.4 is 0 Å². The van der Waals surface area contributed by atoms with Crippen LogP contribution in [0.25, 0.3) is 0 Å². The third-order valence-corrected chi connectivity index (χ3v) is 1.85. The van der Waals surface area contributed by atoms with Gasteiger partial charge in [0.1, 0.15) is 0 Å². The Kier molecular flexibility index (Phi) is 4.31. The molecule has 0 saturated carbocycles. The minimum absolute atomic E-state index is 0.0746. The SMILES string of the molecule is [2H]C(P)OC[C@@H](O)C(C)(C)CO. The van der Waals surface area contributed by atoms with Crippen molar-refractivity contribution >= 4 is 9.24 Å². The first-order chi connectivity index (χ1) is 5.40. The summed E-state index contributed by atoms with van der Waals surface area (Å²) in [4.78, 5) is 0. The topological polar surface area (TPSA) is 49.7 Å². The maximum Gasteiger partial charge on any atom is 0.0846 e. The molecule has 0 heterocycles. The lowest BCUT2D eigenvalue weighted by atomic mass is 9.88. The third kappa shape index (κ3) is 4.02. The summed E-state index contributed by atoms with van der Waals surface area (Å²) in [5.41, 5.74) is -0.570. The summed E-state index contributed by atoms with van der Waals surface area (Å²) in [6, 6.07) is 0. The van der Waals surface area contributed by atoms with Gasteiger partial charge in [-0.05, 0) is 0 Å². The number of rotatable bonds is 5. The van der Waals surface area contributed by atoms with Gasteiger partial charge in [0.25, 0.3) is 0 Å². The number of hydrogen-bond donors (Lipinski definition) is 2. The molecule has 3 nitrogen and oxygen atoms in total. The molecular formula is C7H17O3P. The molecule has 0 fully saturated rings. The van der Waals surface area contributed by atoms with E-state index in [0.717, 1.165) is 0 Å². The summed E-state index contributed by atoms with van der Waals surface area (Å²) in [5, 5.41) is 18.3. The molecule has 0 bridgehead atoms. The molecule has 0 spiro atoms. The van der Waals surface area contributed by atoms with E-state index >= 15 is 0 Å². The van der Waals surface area contributed by atoms with Crippen molar-refractivity contribution in [1.29, 1.82) is 0 Å². The summed E-state index contributed by atoms with van der Waals surface area (Å²) in [7, 11) is 2.15. The lowest BCUT2D eigenvalue weighted by Gasteiger charge is -2.27. The normalized spacial score (nSPS) is 19.2. The first kappa shape index (κ1) is 9.40. The highest BCUT2D eigenvalue weighted by Gasteiger charge is 2.26. The van der Waals surface area contributed by atoms with Gasteiger partial charge in [0, 0.05) is 5.41 Å². The molecule has 0 rings (SSSR count). The molecule has 0 aromatic heterocycles. The average Bonchev–Trinajstić information content (AvgIpc) is 2.00. The lowest BCUT2D eigenvalue weighted by Crippen LogP contribution is -2.36. The molecule has 68 valence electrons. The Bertz CT molecular complexity index is 130. The van der Waals surface area contributed by atoms with Crippen molar-refractivity contribution in [3.8, 4) is 0 Å². The van der Waals surface area contributed by atoms with Gasteiger partial charge < -0.3 is 14.9 Å². The predicted molar refractivity (Wildman–Crippen MR) is 47.4 cm³/mol. The van der Waals surface area contributed by atoms with Crippen LogP contribution in [0.2, 0.25) is 0 Å². The molecule has 0 aromatic rings. The molecule has 2 unspecified atom stereocenters. The van der Waals surface area contributed by atoms with Crippen molar-refractivity contribution in [2.75, 3.05) is 19.5 Å². The fraction of sp³-hybridized carbons (Fsp3) is 1.00. The molecule has 4 heteroatoms. The van der Waals surface area contributed by atoms with Gasteiger partial charge in [-0.15, -0.1) is 9.24 Å². The van der Waals surface area contributed by atoms with Crippen molar-refractivity contribution in [2.45, 2.75) is 20.0 Å². The van der Waals surface area contributed by atoms with E-state index in [0.29, 0.717) is 0 Å². The zero-order valence-corrected chi connectivity index (χ0v) is 8.10. The number of aliphatic hydroxyl groups excluding tert-OH is 2. The van der Waals surface area contributed by atoms with Crippen LogP contribution in [0, 0.1) is 5.41 Å². The molecule has 0 radical (unpaired) electrons. The van der Waals surface area contributed by atoms with E-state index in [2.05, 4.69) is 9.24 Å². The van der Waals surface area contributed by atoms with Gasteiger partial charge in [0.2, 0.25) is 0 Å². The Balaban J connectivity index is 3.78. The van der Waals surface area contributed by atoms with Crippen LogP contribution >= 0.6 is 9.24 Å². The van der Waals surface area contributed by atoms with Gasteiger partial charge in [-0.3, -0.25) is 0 Å². The Morgan fingerprint density at radius 3 is 2.64 bits per heavy atom. The molecular weight excluding hydrogens is 163 g/mol. The molecule has 11 heavy (non-hydrogen) atoms. The van der Waals surface area contributed by atoms with Crippen molar-refractivity contribution in [3.63, 3.8) is 0 Å². The summed E-state index contributed by atoms with van der Waals surface area (Å²) in [6.45, 7) is 3.45. The average molecular weight is 181 g/mol. The van der Waals surface area contributed by atoms with Crippen molar-refractivity contribution < 1.29 is 16.3 Å². The maximum atomic E-state index is 9.45. The van der Waals surface area contributed by atoms with Crippen LogP contribution in [0.15, 0.2) is 0 Å². The minimum atomic E-state index is -0.740. The first-order valence-corrected chi connectivity index (χ1v) is 4.15. The second-order valence-electron chi connectivity index (χ2n) is 3.13. The molecule has 0 aromatic carbocycles. The summed E-state index contributed by atoms with van der Waals surface area (Å²) in [6.07, 6.45) is -1.45. The molecule has 2 N–H and O–H groups in total. The Labute approximate surface area is 71.4 Å². The molecule has 0 aliphatic carbocycles. The van der Waals surface area contributed by atoms with Gasteiger partial charge in [-0.2, -0.15) is 0 Å². The number of aliphatic hydroxyl groups is 2. The smallest absolute Gasteiger partial charge is 0.0846 e. The van der Waals surface area contributed by atoms with Crippen LogP contribution in [0.1, 0.15) is 15.2 Å². The second kappa shape index (κ2) is 5.04. The van der Waals surface area contributed by atoms with Crippen LogP contribution in [-0.4, -0.2) is 35.9 Å². The van der Waals surface area contributed by atoms with Gasteiger partial charge in [0.15, 0.2) is 0 Å². The first-order valence-electron chi connectivity index (χ1n) is 4.06. The van der Waals surface area contributed by atoms with Crippen molar-refractivity contribution in [2.24, 2.45) is 5.41 Å². The van der Waals surface area contributed by atoms with Gasteiger partial charge >= 0.3 is 0 Å². The third-order valence-electron chi connectivity index (χ3n) is 1.66. The standard InChI is InChI=1S/C7H17O3P/c1-7(2,4-8)6(9)3-10-5-11/h6,8-9H,3-5,11H2,1-2H3/t6-/m1/s1/i5D/t5?,6-. The van der Waals surface area contributed by atoms with E-state index in [9.17, 15) is 5.11 Å². The predicted octanol–water partition coefficient (Wildman–Crippen LogP) is 0.215. The number of hydrogen-bond acceptors (Lipinski definition) is 3. The van der Waals surface area contributed by atoms with E-state index in [1.54, 1.807) is 13.8 Å². The van der Waals surface area contributed by atoms with Crippen molar-refractivity contribution in [3.05, 3.63) is 0 Å². The van der Waals surface area contributed by atoms with Gasteiger partial charge in [0.05, 0.1) is 27.0 Å². The lowest BCUT2D eigenvalue weighted by molar-refractivity contribution is -0.0398. The summed E-state index contributed by atoms with van der Waals surface area (Å²) >= 11 is 0. The van der Waals surface area contributed by atoms with E-state index < -0.39 is 17.8 Å². The highest BCUT2D eigenvalue weighted by Crippen LogP contribution is 2.19. The zero-order valence-electron chi connectivity index (χ0n) is 7.95. The van der Waals surface area contributed by atoms with E-state index in [-0.39, 0.29) is 13.2 Å². The van der Waals surface area contributed by atoms with Gasteiger partial charge in [-0.25, -0.2) is 0 Å². The van der Waals surface area contributed by atoms with Crippen LogP contribution in [0.3, 0.4) is 0 Å². The fourth-order valence-electron chi connectivity index (χ4n) is 0.478. The molecule has 0 aliphatic heterocycles.